The van der Waals surface area contributed by atoms with Gasteiger partial charge in [0.15, 0.2) is 0 Å². The quantitative estimate of drug-likeness (QED) is 0.540. The van der Waals surface area contributed by atoms with E-state index in [0.717, 1.165) is 6.54 Å². The first-order valence-electron chi connectivity index (χ1n) is 3.14. The van der Waals surface area contributed by atoms with Crippen LogP contribution in [0.15, 0.2) is 0 Å². The minimum atomic E-state index is 1.16. The Labute approximate surface area is 56.6 Å². The minimum absolute atomic E-state index is 1.16. The van der Waals surface area contributed by atoms with Crippen molar-refractivity contribution in [3.8, 4) is 0 Å². The molecule has 2 heteroatoms. The summed E-state index contributed by atoms with van der Waals surface area (Å²) in [5.41, 5.74) is 0. The van der Waals surface area contributed by atoms with E-state index in [-0.39, 0.29) is 0 Å². The van der Waals surface area contributed by atoms with Crippen molar-refractivity contribution in [1.82, 2.24) is 4.31 Å². The molecule has 0 aliphatic carbocycles. The molecule has 0 aromatic rings. The Morgan fingerprint density at radius 1 is 1.38 bits per heavy atom. The number of nitrogens with zero attached hydrogens (tertiary/aromatic N) is 1. The molecule has 0 amide bonds. The Kier molecular flexibility index (Phi) is 5.66. The average Bonchev–Trinajstić information content (AvgIpc) is 1.83. The van der Waals surface area contributed by atoms with Gasteiger partial charge in [-0.2, -0.15) is 0 Å². The molecule has 0 rings (SSSR count). The predicted molar refractivity (Wildman–Crippen MR) is 41.1 cm³/mol. The molecule has 0 unspecified atom stereocenters. The zero-order chi connectivity index (χ0) is 6.41. The zero-order valence-electron chi connectivity index (χ0n) is 5.98. The maximum Gasteiger partial charge on any atom is 0.00864 e. The van der Waals surface area contributed by atoms with E-state index < -0.39 is 0 Å². The van der Waals surface area contributed by atoms with Crippen LogP contribution in [0.4, 0.5) is 0 Å². The van der Waals surface area contributed by atoms with Gasteiger partial charge in [0.05, 0.1) is 0 Å². The van der Waals surface area contributed by atoms with Crippen molar-refractivity contribution in [2.24, 2.45) is 0 Å². The third-order valence-corrected chi connectivity index (χ3v) is 2.04. The Hall–Kier alpha value is 0.310. The Bertz CT molecular complexity index is 43.8. The van der Waals surface area contributed by atoms with Gasteiger partial charge in [-0.3, -0.25) is 4.31 Å². The van der Waals surface area contributed by atoms with Crippen molar-refractivity contribution in [1.29, 1.82) is 0 Å². The van der Waals surface area contributed by atoms with Gasteiger partial charge in [-0.05, 0) is 12.7 Å². The molecule has 0 atom stereocenters. The van der Waals surface area contributed by atoms with Crippen molar-refractivity contribution in [2.75, 3.05) is 19.3 Å². The number of rotatable bonds is 4. The van der Waals surface area contributed by atoms with Crippen LogP contribution in [0.1, 0.15) is 20.3 Å². The standard InChI is InChI=1S/C6H15NS/c1-4-6-7(5-2)8-3/h4-6H2,1-3H3. The lowest BCUT2D eigenvalue weighted by atomic mass is 10.5. The van der Waals surface area contributed by atoms with E-state index >= 15 is 0 Å². The summed E-state index contributed by atoms with van der Waals surface area (Å²) in [6, 6.07) is 0. The van der Waals surface area contributed by atoms with Crippen molar-refractivity contribution in [2.45, 2.75) is 20.3 Å². The molecule has 0 fully saturated rings. The van der Waals surface area contributed by atoms with E-state index in [4.69, 9.17) is 0 Å². The normalized spacial score (nSPS) is 10.5. The molecule has 0 aliphatic heterocycles. The lowest BCUT2D eigenvalue weighted by Crippen LogP contribution is -2.14. The van der Waals surface area contributed by atoms with Gasteiger partial charge in [-0.1, -0.05) is 25.8 Å². The Morgan fingerprint density at radius 3 is 2.12 bits per heavy atom. The summed E-state index contributed by atoms with van der Waals surface area (Å²) in [5, 5.41) is 0. The SMILES string of the molecule is CCCN(CC)SC. The summed E-state index contributed by atoms with van der Waals surface area (Å²) in [6.07, 6.45) is 3.38. The smallest absolute Gasteiger partial charge is 0.00864 e. The molecule has 1 nitrogen and oxygen atoms in total. The highest BCUT2D eigenvalue weighted by molar-refractivity contribution is 7.96. The fourth-order valence-corrected chi connectivity index (χ4v) is 1.25. The summed E-state index contributed by atoms with van der Waals surface area (Å²) in [4.78, 5) is 0. The fourth-order valence-electron chi connectivity index (χ4n) is 0.628. The largest absolute Gasteiger partial charge is 0.251 e. The molecule has 0 radical (unpaired) electrons. The van der Waals surface area contributed by atoms with Crippen LogP contribution in [0.3, 0.4) is 0 Å². The van der Waals surface area contributed by atoms with Gasteiger partial charge in [0, 0.05) is 13.1 Å². The molecule has 0 aliphatic rings. The average molecular weight is 133 g/mol. The van der Waals surface area contributed by atoms with Crippen molar-refractivity contribution in [3.63, 3.8) is 0 Å². The maximum absolute atomic E-state index is 2.35. The molecule has 0 saturated heterocycles. The Morgan fingerprint density at radius 2 is 2.00 bits per heavy atom. The van der Waals surface area contributed by atoms with Crippen LogP contribution in [0.2, 0.25) is 0 Å². The van der Waals surface area contributed by atoms with Crippen LogP contribution in [0, 0.1) is 0 Å². The molecule has 0 aromatic carbocycles. The molecular weight excluding hydrogens is 118 g/mol. The zero-order valence-corrected chi connectivity index (χ0v) is 6.79. The fraction of sp³-hybridized carbons (Fsp3) is 1.00. The Balaban J connectivity index is 3.07. The van der Waals surface area contributed by atoms with Crippen LogP contribution < -0.4 is 0 Å². The molecule has 0 heterocycles. The molecule has 8 heavy (non-hydrogen) atoms. The predicted octanol–water partition coefficient (Wildman–Crippen LogP) is 2.00. The van der Waals surface area contributed by atoms with E-state index in [9.17, 15) is 0 Å². The van der Waals surface area contributed by atoms with Crippen LogP contribution in [-0.2, 0) is 0 Å². The maximum atomic E-state index is 2.35. The second kappa shape index (κ2) is 5.45. The van der Waals surface area contributed by atoms with Gasteiger partial charge < -0.3 is 0 Å². The molecule has 0 N–H and O–H groups in total. The highest BCUT2D eigenvalue weighted by Gasteiger charge is 1.93. The molecule has 0 aromatic heterocycles. The first-order chi connectivity index (χ1) is 3.85. The van der Waals surface area contributed by atoms with E-state index in [0.29, 0.717) is 0 Å². The summed E-state index contributed by atoms with van der Waals surface area (Å²) < 4.78 is 2.35. The van der Waals surface area contributed by atoms with E-state index in [1.807, 2.05) is 11.9 Å². The lowest BCUT2D eigenvalue weighted by molar-refractivity contribution is 0.495. The highest BCUT2D eigenvalue weighted by atomic mass is 32.2. The molecule has 0 saturated carbocycles. The van der Waals surface area contributed by atoms with Gasteiger partial charge in [0.1, 0.15) is 0 Å². The van der Waals surface area contributed by atoms with Crippen LogP contribution >= 0.6 is 11.9 Å². The second-order valence-corrected chi connectivity index (χ2v) is 2.59. The van der Waals surface area contributed by atoms with Crippen LogP contribution in [0.25, 0.3) is 0 Å². The first-order valence-corrected chi connectivity index (χ1v) is 4.32. The topological polar surface area (TPSA) is 3.24 Å². The monoisotopic (exact) mass is 133 g/mol. The van der Waals surface area contributed by atoms with Gasteiger partial charge in [-0.25, -0.2) is 0 Å². The second-order valence-electron chi connectivity index (χ2n) is 1.70. The summed E-state index contributed by atoms with van der Waals surface area (Å²) >= 11 is 1.83. The lowest BCUT2D eigenvalue weighted by Gasteiger charge is -2.14. The molecule has 0 spiro atoms. The van der Waals surface area contributed by atoms with Gasteiger partial charge >= 0.3 is 0 Å². The highest BCUT2D eigenvalue weighted by Crippen LogP contribution is 2.03. The summed E-state index contributed by atoms with van der Waals surface area (Å²) in [5.74, 6) is 0. The number of hydrogen-bond acceptors (Lipinski definition) is 2. The van der Waals surface area contributed by atoms with Crippen molar-refractivity contribution < 1.29 is 0 Å². The van der Waals surface area contributed by atoms with Gasteiger partial charge in [0.2, 0.25) is 0 Å². The van der Waals surface area contributed by atoms with E-state index in [2.05, 4.69) is 24.4 Å². The molecule has 50 valence electrons. The van der Waals surface area contributed by atoms with Gasteiger partial charge in [-0.15, -0.1) is 0 Å². The third-order valence-electron chi connectivity index (χ3n) is 1.08. The van der Waals surface area contributed by atoms with E-state index in [1.54, 1.807) is 0 Å². The first kappa shape index (κ1) is 8.31. The van der Waals surface area contributed by atoms with Crippen LogP contribution in [-0.4, -0.2) is 23.7 Å². The third kappa shape index (κ3) is 3.33. The molecular formula is C6H15NS. The number of hydrogen-bond donors (Lipinski definition) is 0. The minimum Gasteiger partial charge on any atom is -0.251 e. The summed E-state index contributed by atoms with van der Waals surface area (Å²) in [6.45, 7) is 6.78. The molecule has 0 bridgehead atoms. The van der Waals surface area contributed by atoms with Crippen molar-refractivity contribution in [3.05, 3.63) is 0 Å². The van der Waals surface area contributed by atoms with E-state index in [1.165, 1.54) is 13.0 Å². The summed E-state index contributed by atoms with van der Waals surface area (Å²) in [7, 11) is 0. The van der Waals surface area contributed by atoms with Crippen molar-refractivity contribution >= 4 is 11.9 Å². The van der Waals surface area contributed by atoms with Crippen LogP contribution in [0.5, 0.6) is 0 Å². The van der Waals surface area contributed by atoms with Gasteiger partial charge in [0.25, 0.3) is 0 Å².